The first kappa shape index (κ1) is 29.2. The van der Waals surface area contributed by atoms with Crippen LogP contribution in [0.5, 0.6) is 0 Å². The smallest absolute Gasteiger partial charge is 0.0144 e. The maximum atomic E-state index is 3.25. The van der Waals surface area contributed by atoms with Crippen molar-refractivity contribution in [1.82, 2.24) is 0 Å². The van der Waals surface area contributed by atoms with E-state index in [1.165, 1.54) is 0 Å². The monoisotopic (exact) mass is 638 g/mol. The fourth-order valence-electron chi connectivity index (χ4n) is 1.35. The van der Waals surface area contributed by atoms with Crippen molar-refractivity contribution in [1.29, 1.82) is 0 Å². The Morgan fingerprint density at radius 1 is 0.667 bits per heavy atom. The molecule has 0 spiro atoms. The van der Waals surface area contributed by atoms with Gasteiger partial charge in [-0.15, -0.1) is 89.3 Å². The van der Waals surface area contributed by atoms with Crippen LogP contribution in [0.2, 0.25) is 0 Å². The minimum atomic E-state index is 0.0225. The zero-order chi connectivity index (χ0) is 16.9. The molecule has 0 aromatic carbocycles. The van der Waals surface area contributed by atoms with Crippen molar-refractivity contribution in [3.05, 3.63) is 0 Å². The molecule has 0 aromatic heterocycles. The summed E-state index contributed by atoms with van der Waals surface area (Å²) in [5.41, 5.74) is 0. The van der Waals surface area contributed by atoms with Crippen molar-refractivity contribution >= 4 is 154 Å². The average Bonchev–Trinajstić information content (AvgIpc) is 2.33. The molecule has 0 amide bonds. The summed E-state index contributed by atoms with van der Waals surface area (Å²) in [5.74, 6) is 0. The van der Waals surface area contributed by atoms with Gasteiger partial charge in [-0.3, -0.25) is 0 Å². The summed E-state index contributed by atoms with van der Waals surface area (Å²) < 4.78 is 0. The predicted octanol–water partition coefficient (Wildman–Crippen LogP) is 11.2. The quantitative estimate of drug-likeness (QED) is 0.221. The van der Waals surface area contributed by atoms with E-state index in [4.69, 9.17) is 0 Å². The van der Waals surface area contributed by atoms with E-state index < -0.39 is 0 Å². The second-order valence-electron chi connectivity index (χ2n) is 3.53. The van der Waals surface area contributed by atoms with Crippen molar-refractivity contribution in [2.45, 2.75) is 12.3 Å². The second-order valence-corrected chi connectivity index (χ2v) is 72.6. The van der Waals surface area contributed by atoms with Gasteiger partial charge in [0.25, 0.3) is 0 Å². The number of hydrogen-bond acceptors (Lipinski definition) is 0. The van der Waals surface area contributed by atoms with E-state index in [1.54, 1.807) is 0 Å². The molecular weight excluding hydrogens is 613 g/mol. The van der Waals surface area contributed by atoms with Gasteiger partial charge in [-0.2, -0.15) is 0 Å². The largest absolute Gasteiger partial charge is 0.109 e. The molecule has 19 heteroatoms. The van der Waals surface area contributed by atoms with Gasteiger partial charge in [0.05, 0.1) is 0 Å². The minimum absolute atomic E-state index is 0.0225. The summed E-state index contributed by atoms with van der Waals surface area (Å²) in [5, 5.41) is 0.928. The first-order chi connectivity index (χ1) is 9.56. The van der Waals surface area contributed by atoms with Gasteiger partial charge in [-0.1, -0.05) is 14.9 Å². The molecule has 0 rings (SSSR count). The number of hydrogen-bond donors (Lipinski definition) is 0. The van der Waals surface area contributed by atoms with Crippen molar-refractivity contribution in [3.8, 4) is 0 Å². The fourth-order valence-corrected chi connectivity index (χ4v) is 146. The third kappa shape index (κ3) is 10.8. The lowest BCUT2D eigenvalue weighted by molar-refractivity contribution is 1.42. The summed E-state index contributed by atoms with van der Waals surface area (Å²) >= 11 is 0. The van der Waals surface area contributed by atoms with Crippen LogP contribution in [0.4, 0.5) is 0 Å². The molecule has 0 aliphatic carbocycles. The van der Waals surface area contributed by atoms with E-state index >= 15 is 0 Å². The molecule has 0 bridgehead atoms. The summed E-state index contributed by atoms with van der Waals surface area (Å²) in [4.78, 5) is 0. The van der Waals surface area contributed by atoms with Gasteiger partial charge in [-0.25, -0.2) is 0 Å². The Labute approximate surface area is 165 Å². The lowest BCUT2D eigenvalue weighted by Crippen LogP contribution is -1.88. The van der Waals surface area contributed by atoms with Crippen molar-refractivity contribution in [2.24, 2.45) is 0 Å². The van der Waals surface area contributed by atoms with Gasteiger partial charge in [-0.05, 0) is 56.5 Å². The van der Waals surface area contributed by atoms with Crippen molar-refractivity contribution in [2.75, 3.05) is 0 Å². The molecule has 0 N–H and O–H groups in total. The van der Waals surface area contributed by atoms with Gasteiger partial charge in [0.1, 0.15) is 0 Å². The Kier molecular flexibility index (Phi) is 22.1. The number of rotatable bonds is 9. The zero-order valence-electron chi connectivity index (χ0n) is 11.4. The highest BCUT2D eigenvalue weighted by atomic mass is 33.1. The van der Waals surface area contributed by atoms with Gasteiger partial charge in [0.2, 0.25) is 0 Å². The van der Waals surface area contributed by atoms with Crippen LogP contribution in [-0.2, 0) is 0 Å². The van der Waals surface area contributed by atoms with Crippen LogP contribution in [0.15, 0.2) is 0 Å². The third-order valence-electron chi connectivity index (χ3n) is 2.12. The Hall–Kier alpha value is 8.17. The second kappa shape index (κ2) is 15.9. The molecule has 0 aliphatic rings. The molecule has 16 unspecified atom stereocenters. The normalized spacial score (nSPS) is 20.7. The molecule has 0 nitrogen and oxygen atoms in total. The van der Waals surface area contributed by atoms with Crippen molar-refractivity contribution in [3.63, 3.8) is 0 Å². The molecule has 128 valence electrons. The van der Waals surface area contributed by atoms with Gasteiger partial charge < -0.3 is 0 Å². The summed E-state index contributed by atoms with van der Waals surface area (Å²) in [6.07, 6.45) is 0. The Morgan fingerprint density at radius 3 is 1.33 bits per heavy atom. The predicted molar refractivity (Wildman–Crippen MR) is 170 cm³/mol. The molecule has 0 saturated heterocycles. The van der Waals surface area contributed by atoms with E-state index in [2.05, 4.69) is 96.2 Å². The molecular formula is C2H25P19. The molecule has 16 atom stereocenters. The highest BCUT2D eigenvalue weighted by molar-refractivity contribution is 9.14. The van der Waals surface area contributed by atoms with E-state index in [9.17, 15) is 0 Å². The van der Waals surface area contributed by atoms with Crippen molar-refractivity contribution < 1.29 is 0 Å². The highest BCUT2D eigenvalue weighted by Crippen LogP contribution is 3.16. The molecule has 0 aromatic rings. The van der Waals surface area contributed by atoms with Crippen LogP contribution < -0.4 is 0 Å². The molecule has 21 heavy (non-hydrogen) atoms. The van der Waals surface area contributed by atoms with Crippen LogP contribution in [0.3, 0.4) is 0 Å². The minimum Gasteiger partial charge on any atom is -0.109 e. The van der Waals surface area contributed by atoms with E-state index in [0.29, 0.717) is 0 Å². The van der Waals surface area contributed by atoms with Crippen LogP contribution in [-0.4, -0.2) is 5.40 Å². The standard InChI is InChI=1S/C2H25P19/c1-2(14(16(4)5)20(12)18(8)9)15(17(6)7)21(13-3)19(10)11/h2,13H,3-12H2,1H3. The average molecular weight is 638 g/mol. The van der Waals surface area contributed by atoms with Crippen LogP contribution in [0.25, 0.3) is 0 Å². The molecule has 0 heterocycles. The maximum Gasteiger partial charge on any atom is 0.0144 e. The molecule has 0 radical (unpaired) electrons. The highest BCUT2D eigenvalue weighted by Gasteiger charge is 2.39. The lowest BCUT2D eigenvalue weighted by atomic mass is 11.0. The Bertz CT molecular complexity index is 271. The van der Waals surface area contributed by atoms with E-state index in [1.807, 2.05) is 0 Å². The fraction of sp³-hybridized carbons (Fsp3) is 1.00. The van der Waals surface area contributed by atoms with E-state index in [-0.39, 0.29) is 56.5 Å². The SMILES string of the molecule is CC(P(P(P)P)P(P)P(P)P)P(P(P)P)P(PP)P(P)P. The van der Waals surface area contributed by atoms with Crippen LogP contribution in [0, 0.1) is 0 Å². The maximum absolute atomic E-state index is 3.25. The summed E-state index contributed by atoms with van der Waals surface area (Å²) in [6.45, 7) is 2.99. The van der Waals surface area contributed by atoms with Gasteiger partial charge in [0.15, 0.2) is 0 Å². The first-order valence-electron chi connectivity index (χ1n) is 5.13. The third-order valence-corrected chi connectivity index (χ3v) is 100. The summed E-state index contributed by atoms with van der Waals surface area (Å²) in [6, 6.07) is 0. The Morgan fingerprint density at radius 2 is 1.10 bits per heavy atom. The zero-order valence-corrected chi connectivity index (χ0v) is 31.1. The molecule has 0 fully saturated rings. The lowest BCUT2D eigenvalue weighted by Gasteiger charge is -2.43. The topological polar surface area (TPSA) is 0 Å². The van der Waals surface area contributed by atoms with Gasteiger partial charge >= 0.3 is 0 Å². The first-order valence-corrected chi connectivity index (χ1v) is 38.5. The molecule has 0 aliphatic heterocycles. The summed E-state index contributed by atoms with van der Waals surface area (Å²) in [7, 11) is 32.7. The van der Waals surface area contributed by atoms with Crippen LogP contribution >= 0.6 is 154 Å². The van der Waals surface area contributed by atoms with E-state index in [0.717, 1.165) is 13.4 Å². The Balaban J connectivity index is 5.46. The van der Waals surface area contributed by atoms with Gasteiger partial charge in [0, 0.05) is 5.40 Å². The van der Waals surface area contributed by atoms with Crippen LogP contribution in [0.1, 0.15) is 6.92 Å². The molecule has 0 saturated carbocycles.